The molecule has 4 aliphatic heterocycles. The fourth-order valence-corrected chi connectivity index (χ4v) is 5.58. The summed E-state index contributed by atoms with van der Waals surface area (Å²) in [5.74, 6) is -0.671. The van der Waals surface area contributed by atoms with Gasteiger partial charge in [-0.3, -0.25) is 0 Å². The van der Waals surface area contributed by atoms with Gasteiger partial charge in [0.2, 0.25) is 20.9 Å². The summed E-state index contributed by atoms with van der Waals surface area (Å²) in [5.41, 5.74) is -0.900. The van der Waals surface area contributed by atoms with E-state index in [1.165, 1.54) is 0 Å². The second-order valence-electron chi connectivity index (χ2n) is 10.0. The third-order valence-electron chi connectivity index (χ3n) is 6.39. The molecule has 34 heavy (non-hydrogen) atoms. The van der Waals surface area contributed by atoms with E-state index in [1.54, 1.807) is 4.90 Å². The minimum Gasteiger partial charge on any atom is -0.475 e. The van der Waals surface area contributed by atoms with E-state index in [4.69, 9.17) is 21.1 Å². The molecular formula is C21H25ClFN5O5S. The maximum absolute atomic E-state index is 15.0. The Morgan fingerprint density at radius 1 is 1.21 bits per heavy atom. The van der Waals surface area contributed by atoms with Gasteiger partial charge >= 0.3 is 6.09 Å². The third-order valence-corrected chi connectivity index (χ3v) is 7.49. The lowest BCUT2D eigenvalue weighted by Crippen LogP contribution is -2.49. The number of aromatic nitrogens is 3. The van der Waals surface area contributed by atoms with Gasteiger partial charge in [-0.25, -0.2) is 27.6 Å². The summed E-state index contributed by atoms with van der Waals surface area (Å²) in [7, 11) is -3.86. The predicted octanol–water partition coefficient (Wildman–Crippen LogP) is 2.82. The van der Waals surface area contributed by atoms with Gasteiger partial charge in [0.1, 0.15) is 28.9 Å². The van der Waals surface area contributed by atoms with Crippen LogP contribution in [-0.4, -0.2) is 78.0 Å². The van der Waals surface area contributed by atoms with Crippen LogP contribution in [0.25, 0.3) is 10.9 Å². The number of hydrogen-bond donors (Lipinski definition) is 0. The molecule has 2 aromatic rings. The largest absolute Gasteiger partial charge is 0.475 e. The summed E-state index contributed by atoms with van der Waals surface area (Å²) in [5, 5.41) is -0.799. The number of rotatable bonds is 1. The van der Waals surface area contributed by atoms with Crippen LogP contribution in [0.3, 0.4) is 0 Å². The molecule has 0 unspecified atom stereocenters. The van der Waals surface area contributed by atoms with Crippen LogP contribution in [0.2, 0.25) is 5.15 Å². The highest BCUT2D eigenvalue weighted by Gasteiger charge is 2.46. The second kappa shape index (κ2) is 7.77. The molecule has 0 aliphatic carbocycles. The zero-order valence-electron chi connectivity index (χ0n) is 19.2. The predicted molar refractivity (Wildman–Crippen MR) is 121 cm³/mol. The van der Waals surface area contributed by atoms with Gasteiger partial charge in [0.05, 0.1) is 12.1 Å². The number of hydrogen-bond acceptors (Lipinski definition) is 9. The molecule has 0 aromatic carbocycles. The van der Waals surface area contributed by atoms with E-state index in [0.29, 0.717) is 13.1 Å². The lowest BCUT2D eigenvalue weighted by molar-refractivity contribution is 0.00644. The molecule has 6 heterocycles. The molecular weight excluding hydrogens is 489 g/mol. The Labute approximate surface area is 201 Å². The topological polar surface area (TPSA) is 115 Å². The molecule has 0 radical (unpaired) electrons. The van der Waals surface area contributed by atoms with E-state index in [1.807, 2.05) is 25.7 Å². The van der Waals surface area contributed by atoms with Gasteiger partial charge in [0, 0.05) is 25.3 Å². The number of halogens is 2. The van der Waals surface area contributed by atoms with E-state index >= 15 is 0 Å². The minimum absolute atomic E-state index is 0.00685. The summed E-state index contributed by atoms with van der Waals surface area (Å²) in [6, 6.07) is -0.451. The zero-order chi connectivity index (χ0) is 24.6. The number of sulfone groups is 1. The lowest BCUT2D eigenvalue weighted by Gasteiger charge is -2.37. The SMILES string of the molecule is CC(C)(C)OC(=O)N1C[C@H]2CC[C@@H]1CN1c3nc(S(C)(=O)=O)nc4c(F)c(Cl)nc(c34)OC[C@H]21. The molecule has 184 valence electrons. The molecule has 0 saturated carbocycles. The Hall–Kier alpha value is -2.47. The van der Waals surface area contributed by atoms with Crippen molar-refractivity contribution in [2.24, 2.45) is 5.92 Å². The molecule has 2 bridgehead atoms. The normalized spacial score (nSPS) is 24.4. The fourth-order valence-electron chi connectivity index (χ4n) is 4.91. The van der Waals surface area contributed by atoms with Gasteiger partial charge in [-0.05, 0) is 33.6 Å². The highest BCUT2D eigenvalue weighted by molar-refractivity contribution is 7.90. The maximum atomic E-state index is 15.0. The fraction of sp³-hybridized carbons (Fsp3) is 0.619. The molecule has 13 heteroatoms. The van der Waals surface area contributed by atoms with Gasteiger partial charge in [0.25, 0.3) is 0 Å². The first-order valence-electron chi connectivity index (χ1n) is 11.0. The first-order valence-corrected chi connectivity index (χ1v) is 13.3. The smallest absolute Gasteiger partial charge is 0.410 e. The van der Waals surface area contributed by atoms with Crippen LogP contribution in [0.4, 0.5) is 15.0 Å². The van der Waals surface area contributed by atoms with Crippen LogP contribution in [0.5, 0.6) is 5.88 Å². The number of anilines is 1. The van der Waals surface area contributed by atoms with Crippen molar-refractivity contribution < 1.29 is 27.1 Å². The summed E-state index contributed by atoms with van der Waals surface area (Å²) in [6.45, 7) is 6.44. The van der Waals surface area contributed by atoms with Crippen LogP contribution in [0.15, 0.2) is 5.16 Å². The first-order chi connectivity index (χ1) is 15.8. The summed E-state index contributed by atoms with van der Waals surface area (Å²) in [4.78, 5) is 28.9. The molecule has 6 rings (SSSR count). The highest BCUT2D eigenvalue weighted by Crippen LogP contribution is 2.43. The Morgan fingerprint density at radius 2 is 1.94 bits per heavy atom. The molecule has 3 saturated heterocycles. The van der Waals surface area contributed by atoms with E-state index in [-0.39, 0.29) is 47.2 Å². The number of amides is 1. The number of pyridine rings is 1. The number of carbonyl (C=O) groups is 1. The number of piperidine rings is 1. The summed E-state index contributed by atoms with van der Waals surface area (Å²) in [6.07, 6.45) is 2.14. The molecule has 3 fully saturated rings. The van der Waals surface area contributed by atoms with Crippen molar-refractivity contribution in [2.45, 2.75) is 56.5 Å². The Bertz CT molecular complexity index is 1300. The van der Waals surface area contributed by atoms with Crippen molar-refractivity contribution in [3.63, 3.8) is 0 Å². The quantitative estimate of drug-likeness (QED) is 0.419. The number of nitrogens with zero attached hydrogens (tertiary/aromatic N) is 5. The van der Waals surface area contributed by atoms with Crippen molar-refractivity contribution in [3.05, 3.63) is 11.0 Å². The van der Waals surface area contributed by atoms with E-state index in [0.717, 1.165) is 19.1 Å². The summed E-state index contributed by atoms with van der Waals surface area (Å²) < 4.78 is 51.3. The Balaban J connectivity index is 1.66. The first kappa shape index (κ1) is 23.3. The van der Waals surface area contributed by atoms with Crippen molar-refractivity contribution in [1.82, 2.24) is 19.9 Å². The average molecular weight is 514 g/mol. The zero-order valence-corrected chi connectivity index (χ0v) is 20.8. The highest BCUT2D eigenvalue weighted by atomic mass is 35.5. The monoisotopic (exact) mass is 513 g/mol. The van der Waals surface area contributed by atoms with Crippen LogP contribution in [0.1, 0.15) is 33.6 Å². The molecule has 0 spiro atoms. The van der Waals surface area contributed by atoms with Crippen molar-refractivity contribution in [2.75, 3.05) is 30.9 Å². The Kier molecular flexibility index (Phi) is 5.32. The van der Waals surface area contributed by atoms with Gasteiger partial charge < -0.3 is 19.3 Å². The molecule has 0 N–H and O–H groups in total. The average Bonchev–Trinajstić information content (AvgIpc) is 3.07. The van der Waals surface area contributed by atoms with Crippen LogP contribution in [0, 0.1) is 11.7 Å². The second-order valence-corrected chi connectivity index (χ2v) is 12.3. The van der Waals surface area contributed by atoms with E-state index in [9.17, 15) is 17.6 Å². The number of ether oxygens (including phenoxy) is 2. The van der Waals surface area contributed by atoms with Crippen molar-refractivity contribution in [3.8, 4) is 5.88 Å². The van der Waals surface area contributed by atoms with E-state index < -0.39 is 37.7 Å². The van der Waals surface area contributed by atoms with Gasteiger partial charge in [-0.15, -0.1) is 0 Å². The van der Waals surface area contributed by atoms with Gasteiger partial charge in [-0.1, -0.05) is 11.6 Å². The van der Waals surface area contributed by atoms with Crippen molar-refractivity contribution >= 4 is 44.3 Å². The number of fused-ring (bicyclic) bond motifs is 2. The Morgan fingerprint density at radius 3 is 2.62 bits per heavy atom. The standard InChI is InChI=1S/C21H25ClFN5O5S/c1-21(2,3)33-20(29)27-7-10-5-6-11(27)8-28-12(10)9-32-18-13-15(14(23)16(22)25-18)24-19(26-17(13)28)34(4,30)31/h10-12H,5-9H2,1-4H3/t10-,11-,12-/m1/s1. The maximum Gasteiger partial charge on any atom is 0.410 e. The van der Waals surface area contributed by atoms with E-state index in [2.05, 4.69) is 15.0 Å². The molecule has 10 nitrogen and oxygen atoms in total. The lowest BCUT2D eigenvalue weighted by atomic mass is 9.90. The third kappa shape index (κ3) is 3.90. The van der Waals surface area contributed by atoms with Gasteiger partial charge in [-0.2, -0.15) is 4.98 Å². The van der Waals surface area contributed by atoms with Crippen LogP contribution >= 0.6 is 11.6 Å². The number of carbonyl (C=O) groups excluding carboxylic acids is 1. The molecule has 3 atom stereocenters. The van der Waals surface area contributed by atoms with Crippen LogP contribution < -0.4 is 9.64 Å². The molecule has 1 amide bonds. The minimum atomic E-state index is -3.86. The molecule has 4 aliphatic rings. The molecule has 2 aromatic heterocycles. The summed E-state index contributed by atoms with van der Waals surface area (Å²) >= 11 is 5.97. The van der Waals surface area contributed by atoms with Crippen molar-refractivity contribution in [1.29, 1.82) is 0 Å². The van der Waals surface area contributed by atoms with Gasteiger partial charge in [0.15, 0.2) is 11.0 Å². The van der Waals surface area contributed by atoms with Crippen LogP contribution in [-0.2, 0) is 14.6 Å².